The number of aliphatic hydroxyl groups excluding tert-OH is 1. The molecule has 8 heteroatoms. The van der Waals surface area contributed by atoms with Gasteiger partial charge in [-0.1, -0.05) is 24.8 Å². The lowest BCUT2D eigenvalue weighted by Gasteiger charge is -2.15. The number of ether oxygens (including phenoxy) is 3. The van der Waals surface area contributed by atoms with Crippen molar-refractivity contribution in [3.63, 3.8) is 0 Å². The summed E-state index contributed by atoms with van der Waals surface area (Å²) in [5, 5.41) is 13.0. The average Bonchev–Trinajstić information content (AvgIpc) is 2.90. The number of benzene rings is 3. The second-order valence-electron chi connectivity index (χ2n) is 8.01. The Morgan fingerprint density at radius 1 is 1.06 bits per heavy atom. The Labute approximate surface area is 208 Å². The third-order valence-corrected chi connectivity index (χ3v) is 5.48. The monoisotopic (exact) mass is 485 g/mol. The van der Waals surface area contributed by atoms with Gasteiger partial charge < -0.3 is 30.4 Å². The fraction of sp³-hybridized carbons (Fsp3) is 0.143. The molecule has 1 heterocycles. The topological polar surface area (TPSA) is 116 Å². The quantitative estimate of drug-likeness (QED) is 0.256. The summed E-state index contributed by atoms with van der Waals surface area (Å²) in [6, 6.07) is 20.9. The van der Waals surface area contributed by atoms with E-state index in [1.54, 1.807) is 67.9 Å². The molecule has 184 valence electrons. The molecule has 0 unspecified atom stereocenters. The Morgan fingerprint density at radius 3 is 2.50 bits per heavy atom. The van der Waals surface area contributed by atoms with E-state index in [2.05, 4.69) is 16.9 Å². The standard InChI is InChI=1S/C28H27N3O5/c1-18(32)23(29)13-15-35-27-17-24-22(16-26(27)34-2)25(12-14-30-24)36-21-10-8-20(9-11-21)31-28(33)19-6-4-3-5-7-19/h3-12,14,16-17,23,32H,1,13,15,29H2,2H3,(H,31,33)/t23-/m0/s1. The fourth-order valence-corrected chi connectivity index (χ4v) is 3.48. The maximum Gasteiger partial charge on any atom is 0.255 e. The lowest BCUT2D eigenvalue weighted by molar-refractivity contribution is 0.102. The lowest BCUT2D eigenvalue weighted by atomic mass is 10.1. The van der Waals surface area contributed by atoms with E-state index in [4.69, 9.17) is 19.9 Å². The van der Waals surface area contributed by atoms with Crippen LogP contribution in [0.4, 0.5) is 5.69 Å². The molecule has 36 heavy (non-hydrogen) atoms. The Morgan fingerprint density at radius 2 is 1.81 bits per heavy atom. The zero-order chi connectivity index (χ0) is 25.5. The molecule has 0 saturated carbocycles. The molecular weight excluding hydrogens is 458 g/mol. The van der Waals surface area contributed by atoms with Gasteiger partial charge in [0.05, 0.1) is 25.3 Å². The highest BCUT2D eigenvalue weighted by Gasteiger charge is 2.14. The molecule has 0 aliphatic carbocycles. The minimum Gasteiger partial charge on any atom is -0.511 e. The summed E-state index contributed by atoms with van der Waals surface area (Å²) < 4.78 is 17.4. The number of nitrogens with zero attached hydrogens (tertiary/aromatic N) is 1. The van der Waals surface area contributed by atoms with Crippen LogP contribution in [0.2, 0.25) is 0 Å². The van der Waals surface area contributed by atoms with Gasteiger partial charge in [0, 0.05) is 35.3 Å². The van der Waals surface area contributed by atoms with Gasteiger partial charge in [-0.2, -0.15) is 0 Å². The number of carbonyl (C=O) groups is 1. The Balaban J connectivity index is 1.48. The van der Waals surface area contributed by atoms with E-state index in [1.165, 1.54) is 0 Å². The molecule has 4 rings (SSSR count). The van der Waals surface area contributed by atoms with Crippen LogP contribution >= 0.6 is 0 Å². The van der Waals surface area contributed by atoms with Gasteiger partial charge in [0.25, 0.3) is 5.91 Å². The maximum absolute atomic E-state index is 12.4. The molecular formula is C28H27N3O5. The van der Waals surface area contributed by atoms with Gasteiger partial charge in [0.2, 0.25) is 0 Å². The highest BCUT2D eigenvalue weighted by atomic mass is 16.5. The number of anilines is 1. The number of aliphatic hydroxyl groups is 1. The number of nitrogens with two attached hydrogens (primary N) is 1. The van der Waals surface area contributed by atoms with E-state index in [0.29, 0.717) is 46.2 Å². The van der Waals surface area contributed by atoms with Crippen LogP contribution in [0.25, 0.3) is 10.9 Å². The third-order valence-electron chi connectivity index (χ3n) is 5.48. The zero-order valence-corrected chi connectivity index (χ0v) is 19.8. The van der Waals surface area contributed by atoms with Crippen LogP contribution in [0.15, 0.2) is 91.3 Å². The number of rotatable bonds is 10. The number of aromatic nitrogens is 1. The molecule has 0 aliphatic rings. The molecule has 1 amide bonds. The van der Waals surface area contributed by atoms with Gasteiger partial charge in [0.1, 0.15) is 17.3 Å². The summed E-state index contributed by atoms with van der Waals surface area (Å²) in [6.45, 7) is 3.71. The predicted molar refractivity (Wildman–Crippen MR) is 139 cm³/mol. The number of amides is 1. The first-order valence-electron chi connectivity index (χ1n) is 11.3. The summed E-state index contributed by atoms with van der Waals surface area (Å²) in [4.78, 5) is 16.8. The molecule has 1 aromatic heterocycles. The van der Waals surface area contributed by atoms with Crippen LogP contribution < -0.4 is 25.3 Å². The largest absolute Gasteiger partial charge is 0.511 e. The first kappa shape index (κ1) is 24.6. The molecule has 3 aromatic carbocycles. The molecule has 0 bridgehead atoms. The number of pyridine rings is 1. The molecule has 0 aliphatic heterocycles. The van der Waals surface area contributed by atoms with Gasteiger partial charge in [-0.25, -0.2) is 0 Å². The van der Waals surface area contributed by atoms with Crippen molar-refractivity contribution < 1.29 is 24.1 Å². The normalized spacial score (nSPS) is 11.5. The van der Waals surface area contributed by atoms with Crippen molar-refractivity contribution in [2.45, 2.75) is 12.5 Å². The summed E-state index contributed by atoms with van der Waals surface area (Å²) in [5.41, 5.74) is 7.68. The minimum absolute atomic E-state index is 0.0841. The van der Waals surface area contributed by atoms with Crippen molar-refractivity contribution in [1.29, 1.82) is 0 Å². The summed E-state index contributed by atoms with van der Waals surface area (Å²) in [5.74, 6) is 1.93. The third kappa shape index (κ3) is 5.92. The average molecular weight is 486 g/mol. The molecule has 0 spiro atoms. The Hall–Kier alpha value is -4.56. The molecule has 1 atom stereocenters. The molecule has 0 fully saturated rings. The lowest BCUT2D eigenvalue weighted by Crippen LogP contribution is -2.24. The zero-order valence-electron chi connectivity index (χ0n) is 19.8. The molecule has 4 aromatic rings. The second kappa shape index (κ2) is 11.2. The van der Waals surface area contributed by atoms with Crippen LogP contribution in [0.3, 0.4) is 0 Å². The van der Waals surface area contributed by atoms with Crippen molar-refractivity contribution in [2.24, 2.45) is 5.73 Å². The van der Waals surface area contributed by atoms with Crippen molar-refractivity contribution in [1.82, 2.24) is 4.98 Å². The number of carbonyl (C=O) groups excluding carboxylic acids is 1. The van der Waals surface area contributed by atoms with Crippen LogP contribution in [-0.4, -0.2) is 35.8 Å². The first-order chi connectivity index (χ1) is 17.4. The summed E-state index contributed by atoms with van der Waals surface area (Å²) >= 11 is 0. The van der Waals surface area contributed by atoms with E-state index in [1.807, 2.05) is 18.2 Å². The number of hydrogen-bond donors (Lipinski definition) is 3. The van der Waals surface area contributed by atoms with Gasteiger partial charge in [0.15, 0.2) is 11.5 Å². The van der Waals surface area contributed by atoms with Crippen molar-refractivity contribution >= 4 is 22.5 Å². The number of fused-ring (bicyclic) bond motifs is 1. The van der Waals surface area contributed by atoms with Crippen molar-refractivity contribution in [3.8, 4) is 23.0 Å². The van der Waals surface area contributed by atoms with E-state index >= 15 is 0 Å². The van der Waals surface area contributed by atoms with E-state index in [9.17, 15) is 9.90 Å². The number of hydrogen-bond acceptors (Lipinski definition) is 7. The van der Waals surface area contributed by atoms with Crippen LogP contribution in [0, 0.1) is 0 Å². The highest BCUT2D eigenvalue weighted by molar-refractivity contribution is 6.04. The van der Waals surface area contributed by atoms with Crippen molar-refractivity contribution in [3.05, 3.63) is 96.9 Å². The van der Waals surface area contributed by atoms with Crippen LogP contribution in [-0.2, 0) is 0 Å². The Kier molecular flexibility index (Phi) is 7.67. The van der Waals surface area contributed by atoms with Gasteiger partial charge in [-0.05, 0) is 48.5 Å². The van der Waals surface area contributed by atoms with E-state index in [0.717, 1.165) is 5.39 Å². The van der Waals surface area contributed by atoms with Crippen LogP contribution in [0.1, 0.15) is 16.8 Å². The van der Waals surface area contributed by atoms with E-state index < -0.39 is 6.04 Å². The first-order valence-corrected chi connectivity index (χ1v) is 11.3. The van der Waals surface area contributed by atoms with Crippen molar-refractivity contribution in [2.75, 3.05) is 19.0 Å². The van der Waals surface area contributed by atoms with Gasteiger partial charge >= 0.3 is 0 Å². The summed E-state index contributed by atoms with van der Waals surface area (Å²) in [7, 11) is 1.55. The predicted octanol–water partition coefficient (Wildman–Crippen LogP) is 5.46. The maximum atomic E-state index is 12.4. The van der Waals surface area contributed by atoms with Gasteiger partial charge in [-0.3, -0.25) is 9.78 Å². The highest BCUT2D eigenvalue weighted by Crippen LogP contribution is 2.37. The van der Waals surface area contributed by atoms with Crippen LogP contribution in [0.5, 0.6) is 23.0 Å². The second-order valence-corrected chi connectivity index (χ2v) is 8.01. The molecule has 8 nitrogen and oxygen atoms in total. The molecule has 0 saturated heterocycles. The Bertz CT molecular complexity index is 1360. The smallest absolute Gasteiger partial charge is 0.255 e. The number of methoxy groups -OCH3 is 1. The summed E-state index contributed by atoms with van der Waals surface area (Å²) in [6.07, 6.45) is 2.04. The number of nitrogens with one attached hydrogen (secondary N) is 1. The van der Waals surface area contributed by atoms with Gasteiger partial charge in [-0.15, -0.1) is 0 Å². The minimum atomic E-state index is -0.562. The fourth-order valence-electron chi connectivity index (χ4n) is 3.48. The molecule has 4 N–H and O–H groups in total. The SMILES string of the molecule is C=C(O)[C@@H](N)CCOc1cc2nccc(Oc3ccc(NC(=O)c4ccccc4)cc3)c2cc1OC. The van der Waals surface area contributed by atoms with E-state index in [-0.39, 0.29) is 18.3 Å². The molecule has 0 radical (unpaired) electrons.